The van der Waals surface area contributed by atoms with E-state index in [4.69, 9.17) is 23.2 Å². The van der Waals surface area contributed by atoms with Gasteiger partial charge in [0, 0.05) is 19.5 Å². The topological polar surface area (TPSA) is 86.8 Å². The summed E-state index contributed by atoms with van der Waals surface area (Å²) in [5.41, 5.74) is 3.59. The first-order valence-electron chi connectivity index (χ1n) is 14.7. The number of sulfonamides is 1. The number of benzene rings is 4. The van der Waals surface area contributed by atoms with Crippen LogP contribution in [0.5, 0.6) is 0 Å². The Morgan fingerprint density at radius 3 is 2.16 bits per heavy atom. The Balaban J connectivity index is 1.83. The van der Waals surface area contributed by atoms with Gasteiger partial charge in [-0.15, -0.1) is 0 Å². The largest absolute Gasteiger partial charge is 0.354 e. The number of aryl methyl sites for hydroxylation is 2. The van der Waals surface area contributed by atoms with Gasteiger partial charge in [-0.25, -0.2) is 8.42 Å². The molecule has 0 spiro atoms. The highest BCUT2D eigenvalue weighted by molar-refractivity contribution is 7.92. The fourth-order valence-corrected chi connectivity index (χ4v) is 6.84. The number of carbonyl (C=O) groups excluding carboxylic acids is 2. The Morgan fingerprint density at radius 2 is 1.49 bits per heavy atom. The molecule has 4 rings (SSSR count). The number of rotatable bonds is 13. The maximum absolute atomic E-state index is 14.5. The molecule has 0 unspecified atom stereocenters. The number of amides is 2. The van der Waals surface area contributed by atoms with Crippen molar-refractivity contribution in [2.24, 2.45) is 0 Å². The van der Waals surface area contributed by atoms with Crippen LogP contribution in [0, 0.1) is 13.8 Å². The molecule has 10 heteroatoms. The number of halogens is 2. The van der Waals surface area contributed by atoms with Crippen LogP contribution in [0.1, 0.15) is 35.6 Å². The molecule has 0 aromatic heterocycles. The van der Waals surface area contributed by atoms with Gasteiger partial charge in [-0.3, -0.25) is 13.9 Å². The molecular formula is C35H37Cl2N3O4S. The number of anilines is 1. The Bertz CT molecular complexity index is 1730. The second-order valence-corrected chi connectivity index (χ2v) is 13.6. The summed E-state index contributed by atoms with van der Waals surface area (Å²) in [5, 5.41) is 3.08. The lowest BCUT2D eigenvalue weighted by Crippen LogP contribution is -2.53. The van der Waals surface area contributed by atoms with Gasteiger partial charge in [-0.05, 0) is 55.7 Å². The molecule has 2 amide bonds. The van der Waals surface area contributed by atoms with Crippen LogP contribution in [-0.2, 0) is 32.6 Å². The van der Waals surface area contributed by atoms with E-state index < -0.39 is 28.5 Å². The van der Waals surface area contributed by atoms with Gasteiger partial charge in [-0.1, -0.05) is 114 Å². The third-order valence-electron chi connectivity index (χ3n) is 7.34. The fourth-order valence-electron chi connectivity index (χ4n) is 4.96. The molecule has 7 nitrogen and oxygen atoms in total. The first-order chi connectivity index (χ1) is 21.5. The Kier molecular flexibility index (Phi) is 11.7. The van der Waals surface area contributed by atoms with Crippen LogP contribution >= 0.6 is 23.2 Å². The Hall–Kier alpha value is -3.85. The molecule has 0 radical (unpaired) electrons. The number of nitrogens with zero attached hydrogens (tertiary/aromatic N) is 2. The highest BCUT2D eigenvalue weighted by Gasteiger charge is 2.35. The van der Waals surface area contributed by atoms with Crippen molar-refractivity contribution in [1.82, 2.24) is 10.2 Å². The summed E-state index contributed by atoms with van der Waals surface area (Å²) < 4.78 is 29.3. The van der Waals surface area contributed by atoms with Gasteiger partial charge in [0.1, 0.15) is 12.6 Å². The minimum absolute atomic E-state index is 0.00517. The monoisotopic (exact) mass is 665 g/mol. The van der Waals surface area contributed by atoms with Crippen LogP contribution in [0.25, 0.3) is 0 Å². The maximum atomic E-state index is 14.5. The molecule has 0 aliphatic heterocycles. The average Bonchev–Trinajstić information content (AvgIpc) is 3.02. The molecule has 1 N–H and O–H groups in total. The molecule has 0 saturated carbocycles. The van der Waals surface area contributed by atoms with E-state index in [1.54, 1.807) is 24.3 Å². The summed E-state index contributed by atoms with van der Waals surface area (Å²) in [7, 11) is -4.30. The minimum atomic E-state index is -4.30. The van der Waals surface area contributed by atoms with Gasteiger partial charge in [0.25, 0.3) is 10.0 Å². The molecule has 0 saturated heterocycles. The molecule has 45 heavy (non-hydrogen) atoms. The van der Waals surface area contributed by atoms with Crippen molar-refractivity contribution in [2.75, 3.05) is 17.4 Å². The zero-order chi connectivity index (χ0) is 32.6. The van der Waals surface area contributed by atoms with Crippen LogP contribution in [0.15, 0.2) is 102 Å². The lowest BCUT2D eigenvalue weighted by Gasteiger charge is -2.34. The van der Waals surface area contributed by atoms with Crippen molar-refractivity contribution in [3.8, 4) is 0 Å². The van der Waals surface area contributed by atoms with Gasteiger partial charge in [0.15, 0.2) is 0 Å². The van der Waals surface area contributed by atoms with Crippen LogP contribution in [0.2, 0.25) is 10.0 Å². The Morgan fingerprint density at radius 1 is 0.822 bits per heavy atom. The number of carbonyl (C=O) groups is 2. The third kappa shape index (κ3) is 8.66. The average molecular weight is 667 g/mol. The lowest BCUT2D eigenvalue weighted by molar-refractivity contribution is -0.140. The second-order valence-electron chi connectivity index (χ2n) is 10.9. The van der Waals surface area contributed by atoms with E-state index in [1.165, 1.54) is 23.1 Å². The lowest BCUT2D eigenvalue weighted by atomic mass is 10.0. The molecule has 236 valence electrons. The smallest absolute Gasteiger partial charge is 0.264 e. The predicted molar refractivity (Wildman–Crippen MR) is 181 cm³/mol. The van der Waals surface area contributed by atoms with Crippen LogP contribution in [-0.4, -0.2) is 44.3 Å². The molecule has 4 aromatic rings. The fraction of sp³-hybridized carbons (Fsp3) is 0.257. The zero-order valence-corrected chi connectivity index (χ0v) is 27.9. The van der Waals surface area contributed by atoms with Gasteiger partial charge in [-0.2, -0.15) is 0 Å². The Labute approximate surface area is 275 Å². The van der Waals surface area contributed by atoms with Crippen molar-refractivity contribution >= 4 is 50.7 Å². The van der Waals surface area contributed by atoms with Crippen molar-refractivity contribution in [3.63, 3.8) is 0 Å². The van der Waals surface area contributed by atoms with Crippen molar-refractivity contribution in [3.05, 3.63) is 129 Å². The first-order valence-corrected chi connectivity index (χ1v) is 16.9. The first kappa shape index (κ1) is 34.0. The SMILES string of the molecule is CCCNC(=O)[C@@H](Cc1ccccc1)N(Cc1cccc(C)c1)C(=O)CN(c1cccc(Cl)c1Cl)S(=O)(=O)c1ccc(C)cc1. The zero-order valence-electron chi connectivity index (χ0n) is 25.5. The molecule has 0 aliphatic carbocycles. The van der Waals surface area contributed by atoms with E-state index in [9.17, 15) is 18.0 Å². The highest BCUT2D eigenvalue weighted by Crippen LogP contribution is 2.35. The molecule has 0 fully saturated rings. The maximum Gasteiger partial charge on any atom is 0.264 e. The van der Waals surface area contributed by atoms with Gasteiger partial charge in [0.2, 0.25) is 11.8 Å². The van der Waals surface area contributed by atoms with Crippen LogP contribution in [0.3, 0.4) is 0 Å². The summed E-state index contributed by atoms with van der Waals surface area (Å²) >= 11 is 12.9. The van der Waals surface area contributed by atoms with Gasteiger partial charge >= 0.3 is 0 Å². The van der Waals surface area contributed by atoms with Crippen molar-refractivity contribution < 1.29 is 18.0 Å². The van der Waals surface area contributed by atoms with Gasteiger partial charge < -0.3 is 10.2 Å². The van der Waals surface area contributed by atoms with Crippen molar-refractivity contribution in [1.29, 1.82) is 0 Å². The molecule has 0 heterocycles. The normalized spacial score (nSPS) is 11.9. The predicted octanol–water partition coefficient (Wildman–Crippen LogP) is 6.97. The van der Waals surface area contributed by atoms with Crippen molar-refractivity contribution in [2.45, 2.75) is 51.1 Å². The standard InChI is InChI=1S/C35H37Cl2N3O4S/c1-4-20-38-35(42)32(22-27-11-6-5-7-12-27)39(23-28-13-8-10-26(3)21-28)33(41)24-40(31-15-9-14-30(36)34(31)37)45(43,44)29-18-16-25(2)17-19-29/h5-19,21,32H,4,20,22-24H2,1-3H3,(H,38,42)/t32-/m1/s1. The van der Waals surface area contributed by atoms with E-state index >= 15 is 0 Å². The number of hydrogen-bond acceptors (Lipinski definition) is 4. The molecule has 0 bridgehead atoms. The van der Waals surface area contributed by atoms with E-state index in [0.29, 0.717) is 13.0 Å². The molecule has 1 atom stereocenters. The molecule has 4 aromatic carbocycles. The third-order valence-corrected chi connectivity index (χ3v) is 9.93. The minimum Gasteiger partial charge on any atom is -0.354 e. The summed E-state index contributed by atoms with van der Waals surface area (Å²) in [6.07, 6.45) is 0.946. The quantitative estimate of drug-likeness (QED) is 0.167. The van der Waals surface area contributed by atoms with E-state index in [1.807, 2.05) is 75.4 Å². The highest BCUT2D eigenvalue weighted by atomic mass is 35.5. The van der Waals surface area contributed by atoms with Crippen LogP contribution < -0.4 is 9.62 Å². The van der Waals surface area contributed by atoms with Crippen LogP contribution in [0.4, 0.5) is 5.69 Å². The summed E-state index contributed by atoms with van der Waals surface area (Å²) in [5.74, 6) is -0.897. The summed E-state index contributed by atoms with van der Waals surface area (Å²) in [6, 6.07) is 27.1. The second kappa shape index (κ2) is 15.4. The summed E-state index contributed by atoms with van der Waals surface area (Å²) in [6.45, 7) is 5.65. The van der Waals surface area contributed by atoms with Gasteiger partial charge in [0.05, 0.1) is 20.6 Å². The van der Waals surface area contributed by atoms with E-state index in [2.05, 4.69) is 5.32 Å². The van der Waals surface area contributed by atoms with E-state index in [0.717, 1.165) is 26.6 Å². The number of hydrogen-bond donors (Lipinski definition) is 1. The number of nitrogens with one attached hydrogen (secondary N) is 1. The summed E-state index contributed by atoms with van der Waals surface area (Å²) in [4.78, 5) is 29.7. The molecular weight excluding hydrogens is 629 g/mol. The molecule has 0 aliphatic rings. The van der Waals surface area contributed by atoms with E-state index in [-0.39, 0.29) is 39.5 Å².